The summed E-state index contributed by atoms with van der Waals surface area (Å²) >= 11 is 0. The van der Waals surface area contributed by atoms with Gasteiger partial charge in [-0.05, 0) is 29.7 Å². The Hall–Kier alpha value is -3.17. The summed E-state index contributed by atoms with van der Waals surface area (Å²) in [6.07, 6.45) is 1.55. The van der Waals surface area contributed by atoms with Crippen molar-refractivity contribution in [2.75, 3.05) is 11.9 Å². The molecule has 0 spiro atoms. The summed E-state index contributed by atoms with van der Waals surface area (Å²) in [7, 11) is 2.54. The fourth-order valence-corrected chi connectivity index (χ4v) is 4.01. The maximum absolute atomic E-state index is 12.1. The number of aromatic nitrogens is 3. The van der Waals surface area contributed by atoms with Crippen LogP contribution >= 0.6 is 0 Å². The highest BCUT2D eigenvalue weighted by Gasteiger charge is 2.13. The van der Waals surface area contributed by atoms with Gasteiger partial charge in [-0.2, -0.15) is 9.61 Å². The zero-order valence-corrected chi connectivity index (χ0v) is 16.5. The predicted octanol–water partition coefficient (Wildman–Crippen LogP) is 2.23. The highest BCUT2D eigenvalue weighted by molar-refractivity contribution is 7.89. The molecule has 2 aromatic heterocycles. The van der Waals surface area contributed by atoms with Gasteiger partial charge in [0.1, 0.15) is 13.7 Å². The third-order valence-electron chi connectivity index (χ3n) is 4.34. The van der Waals surface area contributed by atoms with E-state index in [2.05, 4.69) is 20.1 Å². The number of nitrogens with one attached hydrogen (secondary N) is 2. The van der Waals surface area contributed by atoms with Crippen molar-refractivity contribution in [3.63, 3.8) is 0 Å². The molecule has 0 fully saturated rings. The topological polar surface area (TPSA) is 88.4 Å². The molecule has 0 bridgehead atoms. The minimum absolute atomic E-state index is 0.207. The molecule has 9 heteroatoms. The van der Waals surface area contributed by atoms with Crippen LogP contribution in [0.4, 0.5) is 11.5 Å². The monoisotopic (exact) mass is 403 g/mol. The molecule has 29 heavy (non-hydrogen) atoms. The first-order chi connectivity index (χ1) is 14.0. The highest BCUT2D eigenvalue weighted by Crippen LogP contribution is 2.24. The minimum Gasteiger partial charge on any atom is -0.340 e. The lowest BCUT2D eigenvalue weighted by atomic mass is 10.0. The van der Waals surface area contributed by atoms with Gasteiger partial charge in [0, 0.05) is 30.1 Å². The smallest absolute Gasteiger partial charge is 0.240 e. The van der Waals surface area contributed by atoms with Crippen LogP contribution in [0.3, 0.4) is 0 Å². The summed E-state index contributed by atoms with van der Waals surface area (Å²) in [6, 6.07) is 18.1. The minimum atomic E-state index is -3.50. The fraction of sp³-hybridized carbons (Fsp3) is 0.100. The van der Waals surface area contributed by atoms with E-state index < -0.39 is 10.0 Å². The van der Waals surface area contributed by atoms with Crippen molar-refractivity contribution in [3.8, 4) is 11.3 Å². The van der Waals surface area contributed by atoms with Crippen LogP contribution in [0.15, 0.2) is 71.8 Å². The van der Waals surface area contributed by atoms with Crippen LogP contribution in [0, 0.1) is 0 Å². The van der Waals surface area contributed by atoms with E-state index in [1.807, 2.05) is 36.4 Å². The third-order valence-corrected chi connectivity index (χ3v) is 5.90. The van der Waals surface area contributed by atoms with Gasteiger partial charge in [0.2, 0.25) is 10.0 Å². The molecule has 0 amide bonds. The fourth-order valence-electron chi connectivity index (χ4n) is 2.96. The molecule has 4 aromatic rings. The van der Waals surface area contributed by atoms with Crippen molar-refractivity contribution in [2.45, 2.75) is 11.8 Å². The Labute approximate surface area is 170 Å². The molecule has 2 aromatic carbocycles. The molecule has 7 nitrogen and oxygen atoms in total. The first kappa shape index (κ1) is 19.2. The Bertz CT molecular complexity index is 1260. The molecule has 0 unspecified atom stereocenters. The lowest BCUT2D eigenvalue weighted by Gasteiger charge is -2.12. The van der Waals surface area contributed by atoms with Crippen LogP contribution < -0.4 is 15.5 Å². The summed E-state index contributed by atoms with van der Waals surface area (Å²) in [5, 5.41) is 7.56. The molecule has 144 valence electrons. The van der Waals surface area contributed by atoms with Crippen molar-refractivity contribution in [3.05, 3.63) is 66.9 Å². The maximum Gasteiger partial charge on any atom is 0.240 e. The summed E-state index contributed by atoms with van der Waals surface area (Å²) in [5.74, 6) is 0.660. The molecule has 2 radical (unpaired) electrons. The molecule has 0 aliphatic carbocycles. The number of nitrogens with zero attached hydrogens (tertiary/aromatic N) is 3. The van der Waals surface area contributed by atoms with Gasteiger partial charge in [-0.25, -0.2) is 18.1 Å². The van der Waals surface area contributed by atoms with Crippen molar-refractivity contribution >= 4 is 40.5 Å². The normalized spacial score (nSPS) is 11.6. The SMILES string of the molecule is [B]c1cnn2c(Nc3ccc(S(=O)(=O)NCC)cc3)cc(-c3ccccc3)nc12. The van der Waals surface area contributed by atoms with Crippen molar-refractivity contribution in [1.82, 2.24) is 19.3 Å². The van der Waals surface area contributed by atoms with E-state index in [1.54, 1.807) is 41.9 Å². The Morgan fingerprint density at radius 2 is 1.79 bits per heavy atom. The van der Waals surface area contributed by atoms with E-state index in [0.717, 1.165) is 11.3 Å². The molecule has 0 saturated carbocycles. The third kappa shape index (κ3) is 3.87. The Kier molecular flexibility index (Phi) is 5.08. The van der Waals surface area contributed by atoms with E-state index in [0.29, 0.717) is 29.2 Å². The summed E-state index contributed by atoms with van der Waals surface area (Å²) in [4.78, 5) is 4.83. The van der Waals surface area contributed by atoms with E-state index >= 15 is 0 Å². The molecule has 0 aliphatic rings. The number of hydrogen-bond acceptors (Lipinski definition) is 5. The number of hydrogen-bond donors (Lipinski definition) is 2. The van der Waals surface area contributed by atoms with E-state index in [1.165, 1.54) is 0 Å². The van der Waals surface area contributed by atoms with Crippen molar-refractivity contribution in [2.24, 2.45) is 0 Å². The van der Waals surface area contributed by atoms with Gasteiger partial charge in [-0.1, -0.05) is 37.3 Å². The first-order valence-corrected chi connectivity index (χ1v) is 10.5. The molecule has 0 atom stereocenters. The van der Waals surface area contributed by atoms with Gasteiger partial charge in [-0.15, -0.1) is 0 Å². The van der Waals surface area contributed by atoms with Crippen LogP contribution in [0.2, 0.25) is 0 Å². The maximum atomic E-state index is 12.1. The molecule has 4 rings (SSSR count). The first-order valence-electron chi connectivity index (χ1n) is 9.04. The van der Waals surface area contributed by atoms with Gasteiger partial charge < -0.3 is 5.32 Å². The summed E-state index contributed by atoms with van der Waals surface area (Å²) in [6.45, 7) is 2.07. The zero-order chi connectivity index (χ0) is 20.4. The number of sulfonamides is 1. The average Bonchev–Trinajstić information content (AvgIpc) is 3.10. The number of fused-ring (bicyclic) bond motifs is 1. The number of benzene rings is 2. The number of rotatable bonds is 6. The molecular formula is C20H18BN5O2S. The molecule has 2 N–H and O–H groups in total. The van der Waals surface area contributed by atoms with Crippen molar-refractivity contribution < 1.29 is 8.42 Å². The van der Waals surface area contributed by atoms with Crippen LogP contribution in [0.5, 0.6) is 0 Å². The van der Waals surface area contributed by atoms with Crippen LogP contribution in [0.1, 0.15) is 6.92 Å². The largest absolute Gasteiger partial charge is 0.340 e. The quantitative estimate of drug-likeness (QED) is 0.482. The van der Waals surface area contributed by atoms with Gasteiger partial charge in [0.25, 0.3) is 0 Å². The van der Waals surface area contributed by atoms with E-state index in [-0.39, 0.29) is 4.90 Å². The van der Waals surface area contributed by atoms with Crippen molar-refractivity contribution in [1.29, 1.82) is 0 Å². The lowest BCUT2D eigenvalue weighted by Crippen LogP contribution is -2.22. The summed E-state index contributed by atoms with van der Waals surface area (Å²) < 4.78 is 28.3. The Balaban J connectivity index is 1.72. The summed E-state index contributed by atoms with van der Waals surface area (Å²) in [5.41, 5.74) is 3.42. The van der Waals surface area contributed by atoms with Crippen LogP contribution in [-0.2, 0) is 10.0 Å². The lowest BCUT2D eigenvalue weighted by molar-refractivity contribution is 0.584. The van der Waals surface area contributed by atoms with Crippen LogP contribution in [0.25, 0.3) is 16.9 Å². The molecule has 2 heterocycles. The standard InChI is InChI=1S/C20H18BN5O2S/c1-2-23-29(27,28)16-10-8-15(9-11-16)24-19-12-18(14-6-4-3-5-7-14)25-20-17(21)13-22-26(19)20/h3-13,23-24H,2H2,1H3. The van der Waals surface area contributed by atoms with Gasteiger partial charge in [0.05, 0.1) is 10.6 Å². The van der Waals surface area contributed by atoms with E-state index in [9.17, 15) is 8.42 Å². The Morgan fingerprint density at radius 3 is 2.48 bits per heavy atom. The van der Waals surface area contributed by atoms with Gasteiger partial charge in [0.15, 0.2) is 5.65 Å². The number of anilines is 2. The second kappa shape index (κ2) is 7.69. The zero-order valence-electron chi connectivity index (χ0n) is 15.7. The second-order valence-electron chi connectivity index (χ2n) is 6.38. The molecular weight excluding hydrogens is 385 g/mol. The average molecular weight is 403 g/mol. The molecule has 0 saturated heterocycles. The van der Waals surface area contributed by atoms with Crippen LogP contribution in [-0.4, -0.2) is 37.4 Å². The second-order valence-corrected chi connectivity index (χ2v) is 8.15. The van der Waals surface area contributed by atoms with E-state index in [4.69, 9.17) is 7.85 Å². The van der Waals surface area contributed by atoms with Gasteiger partial charge in [-0.3, -0.25) is 0 Å². The van der Waals surface area contributed by atoms with Gasteiger partial charge >= 0.3 is 0 Å². The highest BCUT2D eigenvalue weighted by atomic mass is 32.2. The molecule has 0 aliphatic heterocycles. The Morgan fingerprint density at radius 1 is 1.07 bits per heavy atom. The predicted molar refractivity (Wildman–Crippen MR) is 114 cm³/mol.